The number of amides is 1. The number of nitrogens with one attached hydrogen (secondary N) is 1. The molecule has 160 valence electrons. The average Bonchev–Trinajstić information content (AvgIpc) is 3.28. The maximum Gasteiger partial charge on any atom is 0.223 e. The van der Waals surface area contributed by atoms with Crippen molar-refractivity contribution in [2.75, 3.05) is 26.2 Å². The first-order chi connectivity index (χ1) is 14.7. The number of rotatable bonds is 7. The molecule has 4 nitrogen and oxygen atoms in total. The lowest BCUT2D eigenvalue weighted by atomic mass is 9.95. The summed E-state index contributed by atoms with van der Waals surface area (Å²) in [6.45, 7) is 9.29. The minimum absolute atomic E-state index is 0.146. The summed E-state index contributed by atoms with van der Waals surface area (Å²) in [4.78, 5) is 17.6. The molecule has 0 aliphatic carbocycles. The summed E-state index contributed by atoms with van der Waals surface area (Å²) in [6, 6.07) is 17.3. The summed E-state index contributed by atoms with van der Waals surface area (Å²) in [5.41, 5.74) is 5.30. The number of carbonyl (C=O) groups is 1. The molecule has 4 rings (SSSR count). The van der Waals surface area contributed by atoms with Gasteiger partial charge in [0.05, 0.1) is 0 Å². The van der Waals surface area contributed by atoms with Crippen molar-refractivity contribution in [3.05, 3.63) is 70.8 Å². The number of nitrogens with zero attached hydrogens (tertiary/aromatic N) is 2. The number of aryl methyl sites for hydroxylation is 1. The average molecular weight is 406 g/mol. The van der Waals surface area contributed by atoms with Crippen LogP contribution in [0.2, 0.25) is 0 Å². The molecule has 0 bridgehead atoms. The summed E-state index contributed by atoms with van der Waals surface area (Å²) >= 11 is 0. The van der Waals surface area contributed by atoms with Crippen LogP contribution in [-0.4, -0.2) is 41.9 Å². The second kappa shape index (κ2) is 10.2. The van der Waals surface area contributed by atoms with Crippen LogP contribution in [0.15, 0.2) is 48.5 Å². The Kier molecular flexibility index (Phi) is 7.19. The fourth-order valence-corrected chi connectivity index (χ4v) is 4.68. The Morgan fingerprint density at radius 3 is 2.20 bits per heavy atom. The first kappa shape index (κ1) is 21.1. The molecule has 0 spiro atoms. The van der Waals surface area contributed by atoms with Crippen LogP contribution >= 0.6 is 0 Å². The van der Waals surface area contributed by atoms with Crippen molar-refractivity contribution in [3.63, 3.8) is 0 Å². The summed E-state index contributed by atoms with van der Waals surface area (Å²) < 4.78 is 0. The van der Waals surface area contributed by atoms with E-state index in [0.717, 1.165) is 39.0 Å². The van der Waals surface area contributed by atoms with E-state index in [9.17, 15) is 4.79 Å². The number of likely N-dealkylation sites (tertiary alicyclic amines) is 2. The lowest BCUT2D eigenvalue weighted by Gasteiger charge is -2.31. The van der Waals surface area contributed by atoms with Crippen molar-refractivity contribution in [1.29, 1.82) is 0 Å². The zero-order valence-electron chi connectivity index (χ0n) is 18.3. The molecule has 2 aliphatic heterocycles. The highest BCUT2D eigenvalue weighted by Crippen LogP contribution is 2.20. The molecule has 2 aromatic carbocycles. The highest BCUT2D eigenvalue weighted by atomic mass is 16.1. The lowest BCUT2D eigenvalue weighted by molar-refractivity contribution is -0.126. The highest BCUT2D eigenvalue weighted by molar-refractivity contribution is 5.78. The minimum Gasteiger partial charge on any atom is -0.352 e. The van der Waals surface area contributed by atoms with Crippen LogP contribution in [-0.2, 0) is 24.4 Å². The Labute approximate surface area is 181 Å². The molecule has 4 heteroatoms. The molecular weight excluding hydrogens is 370 g/mol. The topological polar surface area (TPSA) is 35.6 Å². The number of benzene rings is 2. The smallest absolute Gasteiger partial charge is 0.223 e. The van der Waals surface area contributed by atoms with Crippen molar-refractivity contribution in [2.24, 2.45) is 5.92 Å². The van der Waals surface area contributed by atoms with E-state index in [2.05, 4.69) is 70.6 Å². The fourth-order valence-electron chi connectivity index (χ4n) is 4.68. The Balaban J connectivity index is 1.19. The van der Waals surface area contributed by atoms with Gasteiger partial charge in [0.2, 0.25) is 5.91 Å². The molecule has 2 fully saturated rings. The Morgan fingerprint density at radius 1 is 0.867 bits per heavy atom. The molecule has 0 radical (unpaired) electrons. The van der Waals surface area contributed by atoms with Crippen molar-refractivity contribution in [2.45, 2.75) is 52.2 Å². The van der Waals surface area contributed by atoms with E-state index in [4.69, 9.17) is 0 Å². The second-order valence-corrected chi connectivity index (χ2v) is 8.99. The van der Waals surface area contributed by atoms with Gasteiger partial charge in [-0.2, -0.15) is 0 Å². The Bertz CT molecular complexity index is 818. The SMILES string of the molecule is Cc1ccccc1CN1CCC(C(=O)NCc2ccc(CN3CCCC3)cc2)CC1. The molecule has 0 unspecified atom stereocenters. The maximum absolute atomic E-state index is 12.7. The number of hydrogen-bond acceptors (Lipinski definition) is 3. The molecule has 2 heterocycles. The first-order valence-corrected chi connectivity index (χ1v) is 11.5. The van der Waals surface area contributed by atoms with Gasteiger partial charge < -0.3 is 5.32 Å². The predicted octanol–water partition coefficient (Wildman–Crippen LogP) is 4.12. The lowest BCUT2D eigenvalue weighted by Crippen LogP contribution is -2.40. The molecule has 1 N–H and O–H groups in total. The van der Waals surface area contributed by atoms with Gasteiger partial charge >= 0.3 is 0 Å². The number of hydrogen-bond donors (Lipinski definition) is 1. The minimum atomic E-state index is 0.146. The Morgan fingerprint density at radius 2 is 1.50 bits per heavy atom. The molecule has 1 amide bonds. The van der Waals surface area contributed by atoms with Crippen LogP contribution in [0.5, 0.6) is 0 Å². The van der Waals surface area contributed by atoms with E-state index in [1.807, 2.05) is 0 Å². The number of carbonyl (C=O) groups excluding carboxylic acids is 1. The summed E-state index contributed by atoms with van der Waals surface area (Å²) in [5.74, 6) is 0.360. The molecule has 0 aromatic heterocycles. The third-order valence-electron chi connectivity index (χ3n) is 6.71. The third kappa shape index (κ3) is 5.71. The van der Waals surface area contributed by atoms with Crippen LogP contribution in [0, 0.1) is 12.8 Å². The normalized spacial score (nSPS) is 18.6. The van der Waals surface area contributed by atoms with E-state index in [1.165, 1.54) is 48.2 Å². The van der Waals surface area contributed by atoms with Gasteiger partial charge in [-0.3, -0.25) is 14.6 Å². The first-order valence-electron chi connectivity index (χ1n) is 11.5. The van der Waals surface area contributed by atoms with Crippen molar-refractivity contribution in [1.82, 2.24) is 15.1 Å². The van der Waals surface area contributed by atoms with Gasteiger partial charge in [0.15, 0.2) is 0 Å². The van der Waals surface area contributed by atoms with E-state index >= 15 is 0 Å². The van der Waals surface area contributed by atoms with E-state index < -0.39 is 0 Å². The van der Waals surface area contributed by atoms with E-state index in [-0.39, 0.29) is 11.8 Å². The summed E-state index contributed by atoms with van der Waals surface area (Å²) in [7, 11) is 0. The summed E-state index contributed by atoms with van der Waals surface area (Å²) in [5, 5.41) is 3.17. The molecule has 2 aromatic rings. The molecule has 30 heavy (non-hydrogen) atoms. The van der Waals surface area contributed by atoms with Gasteiger partial charge in [0.25, 0.3) is 0 Å². The zero-order chi connectivity index (χ0) is 20.8. The maximum atomic E-state index is 12.7. The van der Waals surface area contributed by atoms with E-state index in [1.54, 1.807) is 0 Å². The Hall–Kier alpha value is -2.17. The quantitative estimate of drug-likeness (QED) is 0.753. The van der Waals surface area contributed by atoms with Gasteiger partial charge in [0, 0.05) is 25.6 Å². The standard InChI is InChI=1S/C26H35N3O/c1-21-6-2-3-7-25(21)20-29-16-12-24(13-17-29)26(30)27-18-22-8-10-23(11-9-22)19-28-14-4-5-15-28/h2-3,6-11,24H,4-5,12-20H2,1H3,(H,27,30). The summed E-state index contributed by atoms with van der Waals surface area (Å²) in [6.07, 6.45) is 4.56. The van der Waals surface area contributed by atoms with Crippen LogP contribution in [0.25, 0.3) is 0 Å². The van der Waals surface area contributed by atoms with Crippen molar-refractivity contribution < 1.29 is 4.79 Å². The van der Waals surface area contributed by atoms with Crippen LogP contribution < -0.4 is 5.32 Å². The van der Waals surface area contributed by atoms with Gasteiger partial charge in [-0.15, -0.1) is 0 Å². The van der Waals surface area contributed by atoms with E-state index in [0.29, 0.717) is 6.54 Å². The second-order valence-electron chi connectivity index (χ2n) is 8.99. The van der Waals surface area contributed by atoms with Gasteiger partial charge in [-0.25, -0.2) is 0 Å². The molecule has 0 atom stereocenters. The molecule has 0 saturated carbocycles. The fraction of sp³-hybridized carbons (Fsp3) is 0.500. The monoisotopic (exact) mass is 405 g/mol. The highest BCUT2D eigenvalue weighted by Gasteiger charge is 2.25. The molecular formula is C26H35N3O. The van der Waals surface area contributed by atoms with Gasteiger partial charge in [-0.1, -0.05) is 48.5 Å². The molecule has 2 aliphatic rings. The predicted molar refractivity (Wildman–Crippen MR) is 122 cm³/mol. The van der Waals surface area contributed by atoms with Crippen molar-refractivity contribution >= 4 is 5.91 Å². The molecule has 2 saturated heterocycles. The number of piperidine rings is 1. The third-order valence-corrected chi connectivity index (χ3v) is 6.71. The van der Waals surface area contributed by atoms with Gasteiger partial charge in [0.1, 0.15) is 0 Å². The van der Waals surface area contributed by atoms with Crippen LogP contribution in [0.3, 0.4) is 0 Å². The zero-order valence-corrected chi connectivity index (χ0v) is 18.3. The largest absolute Gasteiger partial charge is 0.352 e. The van der Waals surface area contributed by atoms with Crippen LogP contribution in [0.1, 0.15) is 47.9 Å². The van der Waals surface area contributed by atoms with Crippen LogP contribution in [0.4, 0.5) is 0 Å². The van der Waals surface area contributed by atoms with Gasteiger partial charge in [-0.05, 0) is 81.0 Å². The van der Waals surface area contributed by atoms with Crippen molar-refractivity contribution in [3.8, 4) is 0 Å².